The van der Waals surface area contributed by atoms with Crippen LogP contribution >= 0.6 is 25.1 Å². The number of hydrogen-bond acceptors (Lipinski definition) is 4. The van der Waals surface area contributed by atoms with E-state index in [2.05, 4.69) is 15.1 Å². The molecule has 6 nitrogen and oxygen atoms in total. The van der Waals surface area contributed by atoms with Gasteiger partial charge in [0.15, 0.2) is 0 Å². The molecule has 0 unspecified atom stereocenters. The van der Waals surface area contributed by atoms with Gasteiger partial charge >= 0.3 is 0 Å². The first-order valence-corrected chi connectivity index (χ1v) is 8.79. The highest BCUT2D eigenvalue weighted by Crippen LogP contribution is 2.32. The monoisotopic (exact) mass is 401 g/mol. The smallest absolute Gasteiger partial charge is 0.278 e. The Labute approximate surface area is 169 Å². The lowest BCUT2D eigenvalue weighted by atomic mass is 10.0. The van der Waals surface area contributed by atoms with Gasteiger partial charge in [0.2, 0.25) is 0 Å². The molecule has 3 aromatic rings. The lowest BCUT2D eigenvalue weighted by Crippen LogP contribution is -2.43. The van der Waals surface area contributed by atoms with Gasteiger partial charge in [-0.25, -0.2) is 4.98 Å². The van der Waals surface area contributed by atoms with Crippen LogP contribution < -0.4 is 4.90 Å². The van der Waals surface area contributed by atoms with Crippen molar-refractivity contribution in [1.82, 2.24) is 19.7 Å². The second-order valence-electron chi connectivity index (χ2n) is 6.58. The second kappa shape index (κ2) is 7.32. The van der Waals surface area contributed by atoms with Crippen LogP contribution in [0, 0.1) is 13.8 Å². The van der Waals surface area contributed by atoms with Gasteiger partial charge < -0.3 is 0 Å². The fraction of sp³-hybridized carbons (Fsp3) is 0.263. The van der Waals surface area contributed by atoms with Gasteiger partial charge in [-0.2, -0.15) is 18.6 Å². The van der Waals surface area contributed by atoms with E-state index in [-0.39, 0.29) is 25.4 Å². The molecule has 0 N–H and O–H groups in total. The zero-order chi connectivity index (χ0) is 18.4. The van der Waals surface area contributed by atoms with Crippen LogP contribution in [0.2, 0.25) is 5.15 Å². The Morgan fingerprint density at radius 1 is 1.22 bits per heavy atom. The number of aryl methyl sites for hydroxylation is 2. The lowest BCUT2D eigenvalue weighted by Gasteiger charge is -2.31. The second-order valence-corrected chi connectivity index (χ2v) is 6.94. The van der Waals surface area contributed by atoms with E-state index in [1.165, 1.54) is 0 Å². The van der Waals surface area contributed by atoms with Gasteiger partial charge in [-0.05, 0) is 50.1 Å². The van der Waals surface area contributed by atoms with Gasteiger partial charge in [0.1, 0.15) is 16.7 Å². The first-order valence-electron chi connectivity index (χ1n) is 8.41. The number of amides is 1. The molecule has 4 rings (SSSR count). The van der Waals surface area contributed by atoms with Crippen molar-refractivity contribution in [3.05, 3.63) is 58.8 Å². The molecular weight excluding hydrogens is 382 g/mol. The average molecular weight is 402 g/mol. The highest BCUT2D eigenvalue weighted by Gasteiger charge is 2.34. The molecule has 0 radical (unpaired) electrons. The summed E-state index contributed by atoms with van der Waals surface area (Å²) in [5.41, 5.74) is 4.06. The van der Waals surface area contributed by atoms with Crippen LogP contribution in [0.5, 0.6) is 0 Å². The standard InChI is InChI=1S/C19H18ClN5O.H2S/c1-11-4-5-16(23-18(11)20)24-10-13(3)25-17(19(24)26)15(9-22-25)14-6-7-21-12(2)8-14;/h4-9,13H,10H2,1-3H3;1H2/t13-;/m0./s1. The SMILES string of the molecule is Cc1cc(-c2cnn3c2C(=O)N(c2ccc(C)c(Cl)n2)C[C@@H]3C)ccn1.S. The van der Waals surface area contributed by atoms with E-state index in [1.807, 2.05) is 45.0 Å². The van der Waals surface area contributed by atoms with Gasteiger partial charge in [0.25, 0.3) is 5.91 Å². The van der Waals surface area contributed by atoms with Crippen molar-refractivity contribution < 1.29 is 4.79 Å². The van der Waals surface area contributed by atoms with Crippen LogP contribution in [0.4, 0.5) is 5.82 Å². The van der Waals surface area contributed by atoms with Crippen LogP contribution in [0.25, 0.3) is 11.1 Å². The largest absolute Gasteiger partial charge is 0.289 e. The van der Waals surface area contributed by atoms with Gasteiger partial charge in [-0.1, -0.05) is 17.7 Å². The Balaban J connectivity index is 0.00000210. The molecule has 1 amide bonds. The Hall–Kier alpha value is -2.38. The molecule has 0 saturated heterocycles. The Morgan fingerprint density at radius 3 is 2.70 bits per heavy atom. The van der Waals surface area contributed by atoms with Crippen molar-refractivity contribution in [1.29, 1.82) is 0 Å². The predicted molar refractivity (Wildman–Crippen MR) is 111 cm³/mol. The summed E-state index contributed by atoms with van der Waals surface area (Å²) in [5, 5.41) is 4.87. The number of nitrogens with zero attached hydrogens (tertiary/aromatic N) is 5. The zero-order valence-electron chi connectivity index (χ0n) is 15.3. The summed E-state index contributed by atoms with van der Waals surface area (Å²) in [6.45, 7) is 6.34. The molecule has 1 aliphatic rings. The first-order chi connectivity index (χ1) is 12.5. The molecule has 27 heavy (non-hydrogen) atoms. The minimum Gasteiger partial charge on any atom is -0.289 e. The Bertz CT molecular complexity index is 1020. The molecule has 0 aliphatic carbocycles. The van der Waals surface area contributed by atoms with E-state index in [4.69, 9.17) is 11.6 Å². The number of pyridine rings is 2. The molecule has 0 aromatic carbocycles. The van der Waals surface area contributed by atoms with Crippen LogP contribution in [-0.2, 0) is 0 Å². The predicted octanol–water partition coefficient (Wildman–Crippen LogP) is 3.94. The molecule has 0 bridgehead atoms. The molecule has 0 saturated carbocycles. The number of rotatable bonds is 2. The van der Waals surface area contributed by atoms with Crippen LogP contribution in [0.3, 0.4) is 0 Å². The normalized spacial score (nSPS) is 16.1. The number of anilines is 1. The number of aromatic nitrogens is 4. The quantitative estimate of drug-likeness (QED) is 0.610. The van der Waals surface area contributed by atoms with E-state index in [9.17, 15) is 4.79 Å². The minimum absolute atomic E-state index is 0. The van der Waals surface area contributed by atoms with E-state index in [1.54, 1.807) is 22.0 Å². The molecule has 0 fully saturated rings. The van der Waals surface area contributed by atoms with Crippen LogP contribution in [-0.4, -0.2) is 32.2 Å². The minimum atomic E-state index is -0.127. The fourth-order valence-corrected chi connectivity index (χ4v) is 3.38. The van der Waals surface area contributed by atoms with Crippen molar-refractivity contribution >= 4 is 36.8 Å². The average Bonchev–Trinajstić information content (AvgIpc) is 3.06. The Kier molecular flexibility index (Phi) is 5.26. The molecule has 140 valence electrons. The van der Waals surface area contributed by atoms with Gasteiger partial charge in [-0.15, -0.1) is 0 Å². The van der Waals surface area contributed by atoms with Crippen molar-refractivity contribution in [2.75, 3.05) is 11.4 Å². The summed E-state index contributed by atoms with van der Waals surface area (Å²) in [6, 6.07) is 7.58. The molecule has 4 heterocycles. The third-order valence-corrected chi connectivity index (χ3v) is 4.99. The summed E-state index contributed by atoms with van der Waals surface area (Å²) >= 11 is 6.17. The third kappa shape index (κ3) is 3.33. The summed E-state index contributed by atoms with van der Waals surface area (Å²) in [5.74, 6) is 0.430. The number of hydrogen-bond donors (Lipinski definition) is 0. The molecule has 1 atom stereocenters. The topological polar surface area (TPSA) is 63.9 Å². The van der Waals surface area contributed by atoms with E-state index in [0.717, 1.165) is 22.4 Å². The summed E-state index contributed by atoms with van der Waals surface area (Å²) in [7, 11) is 0. The molecule has 0 spiro atoms. The van der Waals surface area contributed by atoms with E-state index in [0.29, 0.717) is 23.2 Å². The van der Waals surface area contributed by atoms with E-state index >= 15 is 0 Å². The summed E-state index contributed by atoms with van der Waals surface area (Å²) < 4.78 is 1.79. The maximum Gasteiger partial charge on any atom is 0.278 e. The maximum atomic E-state index is 13.3. The number of halogens is 1. The van der Waals surface area contributed by atoms with Crippen LogP contribution in [0.15, 0.2) is 36.7 Å². The molecule has 3 aromatic heterocycles. The van der Waals surface area contributed by atoms with Crippen molar-refractivity contribution in [2.24, 2.45) is 0 Å². The first kappa shape index (κ1) is 19.4. The third-order valence-electron chi connectivity index (χ3n) is 4.61. The van der Waals surface area contributed by atoms with Crippen molar-refractivity contribution in [2.45, 2.75) is 26.8 Å². The maximum absolute atomic E-state index is 13.3. The zero-order valence-corrected chi connectivity index (χ0v) is 17.0. The molecular formula is C19H20ClN5OS. The Morgan fingerprint density at radius 2 is 2.00 bits per heavy atom. The molecule has 1 aliphatic heterocycles. The molecule has 8 heteroatoms. The highest BCUT2D eigenvalue weighted by atomic mass is 35.5. The fourth-order valence-electron chi connectivity index (χ4n) is 3.23. The highest BCUT2D eigenvalue weighted by molar-refractivity contribution is 7.59. The summed E-state index contributed by atoms with van der Waals surface area (Å²) in [4.78, 5) is 23.6. The van der Waals surface area contributed by atoms with Gasteiger partial charge in [0, 0.05) is 24.0 Å². The number of fused-ring (bicyclic) bond motifs is 1. The van der Waals surface area contributed by atoms with E-state index < -0.39 is 0 Å². The summed E-state index contributed by atoms with van der Waals surface area (Å²) in [6.07, 6.45) is 3.49. The van der Waals surface area contributed by atoms with Gasteiger partial charge in [0.05, 0.1) is 12.2 Å². The van der Waals surface area contributed by atoms with Crippen molar-refractivity contribution in [3.63, 3.8) is 0 Å². The van der Waals surface area contributed by atoms with Gasteiger partial charge in [-0.3, -0.25) is 19.4 Å². The van der Waals surface area contributed by atoms with Crippen LogP contribution in [0.1, 0.15) is 34.7 Å². The lowest BCUT2D eigenvalue weighted by molar-refractivity contribution is 0.0953. The van der Waals surface area contributed by atoms with Crippen molar-refractivity contribution in [3.8, 4) is 11.1 Å². The number of carbonyl (C=O) groups is 1. The number of carbonyl (C=O) groups excluding carboxylic acids is 1.